The number of morpholine rings is 1. The van der Waals surface area contributed by atoms with Crippen LogP contribution in [0.2, 0.25) is 13.1 Å². The largest absolute Gasteiger partial charge is 0.378 e. The van der Waals surface area contributed by atoms with Crippen LogP contribution in [0.15, 0.2) is 46.6 Å². The van der Waals surface area contributed by atoms with Gasteiger partial charge in [-0.1, -0.05) is 13.1 Å². The van der Waals surface area contributed by atoms with Gasteiger partial charge in [-0.2, -0.15) is 0 Å². The zero-order chi connectivity index (χ0) is 17.6. The SMILES string of the molecule is CN(C)c1ccc2c(c1)[Si](C)(C)C1=CC(=[N+]3CCOCC3)C=CC1=N2. The summed E-state index contributed by atoms with van der Waals surface area (Å²) >= 11 is 0. The molecule has 130 valence electrons. The molecule has 0 atom stereocenters. The summed E-state index contributed by atoms with van der Waals surface area (Å²) in [6, 6.07) is 6.69. The lowest BCUT2D eigenvalue weighted by atomic mass is 10.1. The van der Waals surface area contributed by atoms with Crippen molar-refractivity contribution in [2.24, 2.45) is 4.99 Å². The second-order valence-corrected chi connectivity index (χ2v) is 12.0. The van der Waals surface area contributed by atoms with E-state index >= 15 is 0 Å². The van der Waals surface area contributed by atoms with Crippen molar-refractivity contribution in [1.82, 2.24) is 0 Å². The standard InChI is InChI=1S/C20H26N3OSi/c1-22(2)15-5-7-17-19(13-15)25(3,4)20-14-16(6-8-18(20)21-17)23-9-11-24-12-10-23/h5-8,13-14H,9-12H2,1-4H3/q+1. The van der Waals surface area contributed by atoms with Crippen LogP contribution in [0.1, 0.15) is 0 Å². The molecule has 1 aromatic carbocycles. The molecule has 0 spiro atoms. The van der Waals surface area contributed by atoms with Crippen LogP contribution in [0.4, 0.5) is 11.4 Å². The predicted octanol–water partition coefficient (Wildman–Crippen LogP) is 2.27. The highest BCUT2D eigenvalue weighted by Gasteiger charge is 2.38. The van der Waals surface area contributed by atoms with Crippen molar-refractivity contribution in [2.45, 2.75) is 13.1 Å². The van der Waals surface area contributed by atoms with Gasteiger partial charge in [-0.25, -0.2) is 9.57 Å². The van der Waals surface area contributed by atoms with Gasteiger partial charge in [-0.3, -0.25) is 0 Å². The van der Waals surface area contributed by atoms with E-state index in [1.165, 1.54) is 21.8 Å². The summed E-state index contributed by atoms with van der Waals surface area (Å²) in [7, 11) is 2.41. The number of nitrogens with zero attached hydrogens (tertiary/aromatic N) is 3. The van der Waals surface area contributed by atoms with Gasteiger partial charge < -0.3 is 9.64 Å². The molecule has 0 saturated carbocycles. The van der Waals surface area contributed by atoms with Crippen molar-refractivity contribution >= 4 is 36.1 Å². The zero-order valence-corrected chi connectivity index (χ0v) is 16.5. The van der Waals surface area contributed by atoms with Crippen molar-refractivity contribution in [1.29, 1.82) is 0 Å². The molecular weight excluding hydrogens is 326 g/mol. The van der Waals surface area contributed by atoms with E-state index in [1.54, 1.807) is 0 Å². The number of fused-ring (bicyclic) bond motifs is 2. The molecule has 2 aliphatic heterocycles. The summed E-state index contributed by atoms with van der Waals surface area (Å²) < 4.78 is 7.93. The van der Waals surface area contributed by atoms with Gasteiger partial charge in [0.05, 0.1) is 11.4 Å². The Morgan fingerprint density at radius 3 is 2.60 bits per heavy atom. The number of anilines is 1. The van der Waals surface area contributed by atoms with Crippen LogP contribution in [-0.2, 0) is 4.74 Å². The molecule has 4 rings (SSSR count). The van der Waals surface area contributed by atoms with Crippen LogP contribution in [0.3, 0.4) is 0 Å². The van der Waals surface area contributed by atoms with E-state index in [4.69, 9.17) is 9.73 Å². The minimum atomic E-state index is -1.78. The molecule has 25 heavy (non-hydrogen) atoms. The molecule has 1 fully saturated rings. The van der Waals surface area contributed by atoms with Crippen molar-refractivity contribution in [3.63, 3.8) is 0 Å². The molecule has 0 N–H and O–H groups in total. The monoisotopic (exact) mass is 352 g/mol. The Hall–Kier alpha value is -1.98. The Bertz CT molecular complexity index is 838. The van der Waals surface area contributed by atoms with Crippen LogP contribution in [0.25, 0.3) is 0 Å². The van der Waals surface area contributed by atoms with E-state index in [-0.39, 0.29) is 0 Å². The summed E-state index contributed by atoms with van der Waals surface area (Å²) in [5.74, 6) is 0. The highest BCUT2D eigenvalue weighted by atomic mass is 28.3. The third-order valence-electron chi connectivity index (χ3n) is 5.44. The van der Waals surface area contributed by atoms with Crippen LogP contribution in [0, 0.1) is 0 Å². The van der Waals surface area contributed by atoms with Gasteiger partial charge in [0.1, 0.15) is 21.3 Å². The summed E-state index contributed by atoms with van der Waals surface area (Å²) in [6.45, 7) is 8.47. The van der Waals surface area contributed by atoms with E-state index in [2.05, 4.69) is 73.1 Å². The van der Waals surface area contributed by atoms with Crippen molar-refractivity contribution in [3.8, 4) is 0 Å². The second-order valence-electron chi connectivity index (χ2n) is 7.63. The molecule has 1 saturated heterocycles. The smallest absolute Gasteiger partial charge is 0.200 e. The van der Waals surface area contributed by atoms with E-state index < -0.39 is 8.07 Å². The van der Waals surface area contributed by atoms with E-state index in [9.17, 15) is 0 Å². The zero-order valence-electron chi connectivity index (χ0n) is 15.5. The molecule has 0 radical (unpaired) electrons. The number of hydrogen-bond donors (Lipinski definition) is 0. The van der Waals surface area contributed by atoms with Gasteiger partial charge in [0.25, 0.3) is 0 Å². The van der Waals surface area contributed by atoms with Crippen molar-refractivity contribution < 1.29 is 9.31 Å². The van der Waals surface area contributed by atoms with Crippen LogP contribution in [-0.4, -0.2) is 64.5 Å². The van der Waals surface area contributed by atoms with E-state index in [1.807, 2.05) is 0 Å². The summed E-state index contributed by atoms with van der Waals surface area (Å²) in [5, 5.41) is 2.88. The molecular formula is C20H26N3OSi+. The quantitative estimate of drug-likeness (QED) is 0.441. The molecule has 4 nitrogen and oxygen atoms in total. The number of ether oxygens (including phenoxy) is 1. The van der Waals surface area contributed by atoms with Crippen molar-refractivity contribution in [3.05, 3.63) is 41.6 Å². The highest BCUT2D eigenvalue weighted by Crippen LogP contribution is 2.32. The lowest BCUT2D eigenvalue weighted by molar-refractivity contribution is -0.547. The lowest BCUT2D eigenvalue weighted by Crippen LogP contribution is -2.50. The fourth-order valence-corrected chi connectivity index (χ4v) is 6.68. The average molecular weight is 353 g/mol. The first-order valence-electron chi connectivity index (χ1n) is 8.97. The van der Waals surface area contributed by atoms with Crippen LogP contribution < -0.4 is 10.1 Å². The Labute approximate surface area is 150 Å². The topological polar surface area (TPSA) is 27.8 Å². The fourth-order valence-electron chi connectivity index (χ4n) is 3.82. The Morgan fingerprint density at radius 1 is 1.12 bits per heavy atom. The third kappa shape index (κ3) is 2.81. The van der Waals surface area contributed by atoms with Gasteiger partial charge in [-0.15, -0.1) is 0 Å². The van der Waals surface area contributed by atoms with Crippen molar-refractivity contribution in [2.75, 3.05) is 45.3 Å². The Morgan fingerprint density at radius 2 is 1.88 bits per heavy atom. The maximum absolute atomic E-state index is 5.50. The van der Waals surface area contributed by atoms with Gasteiger partial charge >= 0.3 is 0 Å². The first-order chi connectivity index (χ1) is 12.0. The molecule has 0 bridgehead atoms. The average Bonchev–Trinajstić information content (AvgIpc) is 2.62. The number of benzene rings is 1. The molecule has 5 heteroatoms. The fraction of sp³-hybridized carbons (Fsp3) is 0.400. The molecule has 1 aromatic rings. The van der Waals surface area contributed by atoms with E-state index in [0.29, 0.717) is 0 Å². The summed E-state index contributed by atoms with van der Waals surface area (Å²) in [5.41, 5.74) is 4.86. The van der Waals surface area contributed by atoms with Gasteiger partial charge in [0.15, 0.2) is 18.8 Å². The number of rotatable bonds is 1. The van der Waals surface area contributed by atoms with Crippen LogP contribution in [0.5, 0.6) is 0 Å². The first-order valence-corrected chi connectivity index (χ1v) is 12.0. The molecule has 0 amide bonds. The second kappa shape index (κ2) is 6.07. The number of allylic oxidation sites excluding steroid dienone is 4. The number of aliphatic imine (C=N–C) groups is 1. The summed E-state index contributed by atoms with van der Waals surface area (Å²) in [6.07, 6.45) is 6.82. The first kappa shape index (κ1) is 16.5. The molecule has 2 heterocycles. The maximum atomic E-state index is 5.50. The molecule has 1 aliphatic carbocycles. The predicted molar refractivity (Wildman–Crippen MR) is 108 cm³/mol. The summed E-state index contributed by atoms with van der Waals surface area (Å²) in [4.78, 5) is 7.14. The third-order valence-corrected chi connectivity index (χ3v) is 8.93. The minimum absolute atomic E-state index is 0.817. The Balaban J connectivity index is 1.83. The minimum Gasteiger partial charge on any atom is -0.378 e. The van der Waals surface area contributed by atoms with Gasteiger partial charge in [-0.05, 0) is 34.7 Å². The lowest BCUT2D eigenvalue weighted by Gasteiger charge is -2.34. The van der Waals surface area contributed by atoms with Gasteiger partial charge in [0.2, 0.25) is 0 Å². The van der Waals surface area contributed by atoms with E-state index in [0.717, 1.165) is 37.7 Å². The normalized spacial score (nSPS) is 21.3. The van der Waals surface area contributed by atoms with Gasteiger partial charge in [0, 0.05) is 31.9 Å². The Kier molecular flexibility index (Phi) is 4.00. The molecule has 3 aliphatic rings. The number of hydrogen-bond acceptors (Lipinski definition) is 3. The maximum Gasteiger partial charge on any atom is 0.200 e. The van der Waals surface area contributed by atoms with Crippen LogP contribution >= 0.6 is 0 Å². The highest BCUT2D eigenvalue weighted by molar-refractivity contribution is 7.01. The molecule has 0 unspecified atom stereocenters. The molecule has 0 aromatic heterocycles.